The molecule has 1 radical (unpaired) electrons. The summed E-state index contributed by atoms with van der Waals surface area (Å²) in [7, 11) is 0. The minimum absolute atomic E-state index is 0. The second-order valence-electron chi connectivity index (χ2n) is 12.3. The van der Waals surface area contributed by atoms with Gasteiger partial charge in [0.05, 0.1) is 0 Å². The molecule has 0 saturated heterocycles. The molecule has 0 N–H and O–H groups in total. The van der Waals surface area contributed by atoms with E-state index >= 15 is 0 Å². The van der Waals surface area contributed by atoms with Crippen LogP contribution in [-0.4, -0.2) is 23.2 Å². The Bertz CT molecular complexity index is 2220. The SMILES string of the molecule is [2H]C([2H])([2H])c1ccc(-c2cccc3c2sc2c(-c4cc(C([2H])(C)C)ccn4)[c-]ccc23)cc1.[CH3][Ge]([CH3])([CH3])[c]1ccc(-c2[c-]cccc2)nc1.[Ir]. The van der Waals surface area contributed by atoms with Gasteiger partial charge in [-0.3, -0.25) is 0 Å². The molecule has 0 atom stereocenters. The number of hydrogen-bond donors (Lipinski definition) is 0. The first-order valence-electron chi connectivity index (χ1n) is 17.1. The quantitative estimate of drug-likeness (QED) is 0.127. The van der Waals surface area contributed by atoms with Crippen LogP contribution in [0.25, 0.3) is 53.8 Å². The molecule has 0 unspecified atom stereocenters. The Kier molecular flexibility index (Phi) is 9.12. The van der Waals surface area contributed by atoms with Crippen LogP contribution in [0.15, 0.2) is 116 Å². The fraction of sp³-hybridized carbons (Fsp3) is 0.171. The number of thiophene rings is 1. The number of aromatic nitrogens is 2. The number of pyridine rings is 2. The van der Waals surface area contributed by atoms with Gasteiger partial charge in [0.1, 0.15) is 0 Å². The molecule has 3 aromatic heterocycles. The van der Waals surface area contributed by atoms with Crippen LogP contribution in [0, 0.1) is 19.0 Å². The van der Waals surface area contributed by atoms with Crippen molar-refractivity contribution in [2.45, 2.75) is 43.9 Å². The van der Waals surface area contributed by atoms with Crippen LogP contribution in [0.3, 0.4) is 0 Å². The Balaban J connectivity index is 0.000000241. The third-order valence-electron chi connectivity index (χ3n) is 7.86. The van der Waals surface area contributed by atoms with Gasteiger partial charge in [-0.15, -0.1) is 23.8 Å². The van der Waals surface area contributed by atoms with Gasteiger partial charge in [-0.05, 0) is 45.7 Å². The van der Waals surface area contributed by atoms with E-state index in [0.717, 1.165) is 59.4 Å². The molecule has 2 nitrogen and oxygen atoms in total. The average molecular weight is 860 g/mol. The first-order valence-corrected chi connectivity index (χ1v) is 23.2. The fourth-order valence-corrected chi connectivity index (χ4v) is 8.77. The molecule has 0 bridgehead atoms. The second-order valence-corrected chi connectivity index (χ2v) is 24.0. The predicted molar refractivity (Wildman–Crippen MR) is 197 cm³/mol. The third-order valence-corrected chi connectivity index (χ3v) is 13.4. The van der Waals surface area contributed by atoms with Gasteiger partial charge in [-0.25, -0.2) is 0 Å². The molecular weight excluding hydrogens is 817 g/mol. The van der Waals surface area contributed by atoms with Crippen LogP contribution in [0.5, 0.6) is 0 Å². The molecule has 0 aliphatic rings. The molecule has 4 aromatic carbocycles. The molecular formula is C41H38GeIrN2S-2. The van der Waals surface area contributed by atoms with Crippen molar-refractivity contribution in [3.8, 4) is 33.6 Å². The molecule has 7 rings (SSSR count). The second kappa shape index (κ2) is 14.6. The van der Waals surface area contributed by atoms with Crippen LogP contribution >= 0.6 is 11.3 Å². The molecule has 0 aliphatic carbocycles. The number of aryl methyl sites for hydroxylation is 1. The Morgan fingerprint density at radius 3 is 2.26 bits per heavy atom. The number of benzene rings is 4. The van der Waals surface area contributed by atoms with E-state index in [1.54, 1.807) is 29.7 Å². The third kappa shape index (κ3) is 7.42. The predicted octanol–water partition coefficient (Wildman–Crippen LogP) is 11.1. The summed E-state index contributed by atoms with van der Waals surface area (Å²) in [6, 6.07) is 40.1. The molecule has 233 valence electrons. The minimum atomic E-state index is -2.11. The fourth-order valence-electron chi connectivity index (χ4n) is 5.26. The van der Waals surface area contributed by atoms with Crippen molar-refractivity contribution in [2.75, 3.05) is 0 Å². The van der Waals surface area contributed by atoms with Gasteiger partial charge in [-0.1, -0.05) is 78.9 Å². The summed E-state index contributed by atoms with van der Waals surface area (Å²) in [5.41, 5.74) is 7.14. The van der Waals surface area contributed by atoms with E-state index in [2.05, 4.69) is 69.7 Å². The van der Waals surface area contributed by atoms with Crippen LogP contribution in [0.1, 0.15) is 36.4 Å². The molecule has 46 heavy (non-hydrogen) atoms. The summed E-state index contributed by atoms with van der Waals surface area (Å²) in [6.45, 7) is 1.64. The van der Waals surface area contributed by atoms with Crippen molar-refractivity contribution >= 4 is 49.2 Å². The van der Waals surface area contributed by atoms with Crippen molar-refractivity contribution in [1.82, 2.24) is 9.97 Å². The van der Waals surface area contributed by atoms with Crippen molar-refractivity contribution in [2.24, 2.45) is 0 Å². The summed E-state index contributed by atoms with van der Waals surface area (Å²) >= 11 is -0.0175. The van der Waals surface area contributed by atoms with Crippen molar-refractivity contribution in [3.63, 3.8) is 0 Å². The topological polar surface area (TPSA) is 25.8 Å². The van der Waals surface area contributed by atoms with Crippen LogP contribution < -0.4 is 4.40 Å². The molecule has 5 heteroatoms. The summed E-state index contributed by atoms with van der Waals surface area (Å²) < 4.78 is 35.0. The van der Waals surface area contributed by atoms with Gasteiger partial charge in [0.2, 0.25) is 0 Å². The van der Waals surface area contributed by atoms with E-state index in [9.17, 15) is 0 Å². The first kappa shape index (κ1) is 28.8. The van der Waals surface area contributed by atoms with Gasteiger partial charge in [0.25, 0.3) is 0 Å². The summed E-state index contributed by atoms with van der Waals surface area (Å²) in [4.78, 5) is 9.13. The van der Waals surface area contributed by atoms with Gasteiger partial charge >= 0.3 is 99.8 Å². The number of fused-ring (bicyclic) bond motifs is 3. The minimum Gasteiger partial charge on any atom is 0 e. The van der Waals surface area contributed by atoms with E-state index < -0.39 is 26.0 Å². The van der Waals surface area contributed by atoms with E-state index in [4.69, 9.17) is 5.48 Å². The van der Waals surface area contributed by atoms with E-state index in [-0.39, 0.29) is 20.1 Å². The van der Waals surface area contributed by atoms with Crippen molar-refractivity contribution in [3.05, 3.63) is 139 Å². The van der Waals surface area contributed by atoms with Gasteiger partial charge in [0.15, 0.2) is 0 Å². The standard InChI is InChI=1S/C27H22NS.C14H16GeN.Ir/c1-17(2)20-14-15-28-25(16-20)24-9-5-8-23-22-7-4-6-21(26(22)29-27(23)24)19-12-10-18(3)11-13-19;1-15(2,3)13-9-10-14(16-11-13)12-7-5-4-6-8-12;/h4-8,10-17H,1-3H3;4-7,9-11H,1-3H3;/q2*-1;/i3D3,17D;;. The molecule has 0 amide bonds. The number of hydrogen-bond acceptors (Lipinski definition) is 3. The maximum atomic E-state index is 8.39. The zero-order valence-corrected chi connectivity index (χ0v) is 31.9. The van der Waals surface area contributed by atoms with Crippen molar-refractivity contribution in [1.29, 1.82) is 0 Å². The smallest absolute Gasteiger partial charge is 0 e. The van der Waals surface area contributed by atoms with E-state index in [1.165, 1.54) is 4.40 Å². The summed E-state index contributed by atoms with van der Waals surface area (Å²) in [6.07, 6.45) is 3.80. The van der Waals surface area contributed by atoms with E-state index in [1.807, 2.05) is 80.7 Å². The summed E-state index contributed by atoms with van der Waals surface area (Å²) in [5, 5.41) is 2.29. The zero-order chi connectivity index (χ0) is 35.0. The summed E-state index contributed by atoms with van der Waals surface area (Å²) in [5.74, 6) is 6.43. The normalized spacial score (nSPS) is 13.1. The Labute approximate surface area is 299 Å². The zero-order valence-electron chi connectivity index (χ0n) is 30.6. The monoisotopic (exact) mass is 861 g/mol. The first-order chi connectivity index (χ1) is 23.2. The Morgan fingerprint density at radius 1 is 0.783 bits per heavy atom. The molecule has 3 heterocycles. The molecule has 0 fully saturated rings. The van der Waals surface area contributed by atoms with E-state index in [0.29, 0.717) is 5.56 Å². The Morgan fingerprint density at radius 2 is 1.59 bits per heavy atom. The average Bonchev–Trinajstić information content (AvgIpc) is 3.47. The van der Waals surface area contributed by atoms with Crippen molar-refractivity contribution < 1.29 is 25.6 Å². The van der Waals surface area contributed by atoms with Crippen LogP contribution in [0.2, 0.25) is 17.3 Å². The number of rotatable bonds is 5. The molecule has 0 spiro atoms. The maximum absolute atomic E-state index is 8.39. The Hall–Kier alpha value is -3.41. The largest absolute Gasteiger partial charge is 0 e. The molecule has 0 aliphatic heterocycles. The number of nitrogens with zero attached hydrogens (tertiary/aromatic N) is 2. The van der Waals surface area contributed by atoms with Crippen LogP contribution in [-0.2, 0) is 20.1 Å². The molecule has 0 saturated carbocycles. The maximum Gasteiger partial charge on any atom is 0 e. The van der Waals surface area contributed by atoms with Gasteiger partial charge < -0.3 is 4.98 Å². The van der Waals surface area contributed by atoms with Crippen LogP contribution in [0.4, 0.5) is 0 Å². The molecule has 7 aromatic rings. The van der Waals surface area contributed by atoms with Gasteiger partial charge in [-0.2, -0.15) is 11.3 Å². The van der Waals surface area contributed by atoms with Gasteiger partial charge in [0, 0.05) is 36.5 Å².